The van der Waals surface area contributed by atoms with Crippen LogP contribution >= 0.6 is 11.6 Å². The molecule has 2 rings (SSSR count). The van der Waals surface area contributed by atoms with Crippen molar-refractivity contribution in [3.8, 4) is 0 Å². The molecule has 3 nitrogen and oxygen atoms in total. The van der Waals surface area contributed by atoms with Gasteiger partial charge in [-0.3, -0.25) is 4.99 Å². The van der Waals surface area contributed by atoms with Crippen LogP contribution in [0.1, 0.15) is 32.3 Å². The molecule has 0 saturated heterocycles. The van der Waals surface area contributed by atoms with E-state index in [2.05, 4.69) is 15.6 Å². The minimum absolute atomic E-state index is 0.0130. The molecule has 0 bridgehead atoms. The summed E-state index contributed by atoms with van der Waals surface area (Å²) >= 11 is 6.17. The molecule has 1 fully saturated rings. The second-order valence-corrected chi connectivity index (χ2v) is 5.54. The lowest BCUT2D eigenvalue weighted by molar-refractivity contribution is 0.623. The summed E-state index contributed by atoms with van der Waals surface area (Å²) in [5.41, 5.74) is 0.998. The summed E-state index contributed by atoms with van der Waals surface area (Å²) in [6.45, 7) is 6.41. The molecule has 5 heteroatoms. The fourth-order valence-electron chi connectivity index (χ4n) is 2.32. The highest BCUT2D eigenvalue weighted by Crippen LogP contribution is 2.50. The zero-order valence-electron chi connectivity index (χ0n) is 12.0. The number of nitrogens with one attached hydrogen (secondary N) is 2. The van der Waals surface area contributed by atoms with Gasteiger partial charge in [0.05, 0.1) is 6.54 Å². The van der Waals surface area contributed by atoms with E-state index in [4.69, 9.17) is 11.6 Å². The molecule has 0 heterocycles. The summed E-state index contributed by atoms with van der Waals surface area (Å²) in [5.74, 6) is 0.526. The topological polar surface area (TPSA) is 36.4 Å². The van der Waals surface area contributed by atoms with Gasteiger partial charge < -0.3 is 10.6 Å². The van der Waals surface area contributed by atoms with Crippen LogP contribution in [-0.2, 0) is 5.41 Å². The largest absolute Gasteiger partial charge is 0.357 e. The Kier molecular flexibility index (Phi) is 4.86. The van der Waals surface area contributed by atoms with E-state index in [1.807, 2.05) is 13.8 Å². The zero-order valence-corrected chi connectivity index (χ0v) is 12.7. The number of benzene rings is 1. The summed E-state index contributed by atoms with van der Waals surface area (Å²) in [6.07, 6.45) is 2.10. The molecule has 1 aliphatic carbocycles. The van der Waals surface area contributed by atoms with Crippen molar-refractivity contribution in [2.45, 2.75) is 32.1 Å². The van der Waals surface area contributed by atoms with Crippen molar-refractivity contribution < 1.29 is 4.39 Å². The average Bonchev–Trinajstić information content (AvgIpc) is 3.17. The zero-order chi connectivity index (χ0) is 14.6. The van der Waals surface area contributed by atoms with Gasteiger partial charge in [-0.25, -0.2) is 4.39 Å². The first kappa shape index (κ1) is 15.1. The summed E-state index contributed by atoms with van der Waals surface area (Å²) in [4.78, 5) is 4.62. The van der Waals surface area contributed by atoms with Gasteiger partial charge in [0, 0.05) is 23.5 Å². The molecule has 0 atom stereocenters. The molecular weight excluding hydrogens is 277 g/mol. The standard InChI is InChI=1S/C15H21ClFN3/c1-3-18-14(19-4-2)20-10-15(7-8-15)12-6-5-11(17)9-13(12)16/h5-6,9H,3-4,7-8,10H2,1-2H3,(H2,18,19,20). The first-order chi connectivity index (χ1) is 9.61. The lowest BCUT2D eigenvalue weighted by atomic mass is 9.96. The SMILES string of the molecule is CCNC(=NCC1(c2ccc(F)cc2Cl)CC1)NCC. The lowest BCUT2D eigenvalue weighted by Gasteiger charge is -2.16. The van der Waals surface area contributed by atoms with Crippen LogP contribution in [0.25, 0.3) is 0 Å². The van der Waals surface area contributed by atoms with Crippen LogP contribution in [0.15, 0.2) is 23.2 Å². The fraction of sp³-hybridized carbons (Fsp3) is 0.533. The predicted octanol–water partition coefficient (Wildman–Crippen LogP) is 3.09. The Hall–Kier alpha value is -1.29. The van der Waals surface area contributed by atoms with Crippen molar-refractivity contribution in [1.29, 1.82) is 0 Å². The molecule has 0 aromatic heterocycles. The normalized spacial score (nSPS) is 15.6. The highest BCUT2D eigenvalue weighted by atomic mass is 35.5. The Morgan fingerprint density at radius 2 is 1.95 bits per heavy atom. The van der Waals surface area contributed by atoms with E-state index >= 15 is 0 Å². The maximum atomic E-state index is 13.1. The van der Waals surface area contributed by atoms with Crippen LogP contribution in [0.2, 0.25) is 5.02 Å². The van der Waals surface area contributed by atoms with E-state index < -0.39 is 0 Å². The Morgan fingerprint density at radius 1 is 1.30 bits per heavy atom. The highest BCUT2D eigenvalue weighted by molar-refractivity contribution is 6.31. The van der Waals surface area contributed by atoms with Gasteiger partial charge in [-0.15, -0.1) is 0 Å². The van der Waals surface area contributed by atoms with Crippen molar-refractivity contribution in [1.82, 2.24) is 10.6 Å². The summed E-state index contributed by atoms with van der Waals surface area (Å²) in [7, 11) is 0. The molecule has 2 N–H and O–H groups in total. The van der Waals surface area contributed by atoms with Crippen molar-refractivity contribution >= 4 is 17.6 Å². The molecule has 110 valence electrons. The molecule has 1 aromatic carbocycles. The van der Waals surface area contributed by atoms with Gasteiger partial charge in [0.1, 0.15) is 5.82 Å². The third kappa shape index (κ3) is 3.42. The number of nitrogens with zero attached hydrogens (tertiary/aromatic N) is 1. The monoisotopic (exact) mass is 297 g/mol. The van der Waals surface area contributed by atoms with Gasteiger partial charge in [-0.2, -0.15) is 0 Å². The third-order valence-electron chi connectivity index (χ3n) is 3.58. The average molecular weight is 298 g/mol. The molecule has 0 spiro atoms. The van der Waals surface area contributed by atoms with Crippen LogP contribution in [0.4, 0.5) is 4.39 Å². The second-order valence-electron chi connectivity index (χ2n) is 5.13. The van der Waals surface area contributed by atoms with Gasteiger partial charge in [0.15, 0.2) is 5.96 Å². The summed E-state index contributed by atoms with van der Waals surface area (Å²) in [6, 6.07) is 4.65. The van der Waals surface area contributed by atoms with Gasteiger partial charge in [-0.1, -0.05) is 17.7 Å². The lowest BCUT2D eigenvalue weighted by Crippen LogP contribution is -2.37. The number of hydrogen-bond acceptors (Lipinski definition) is 1. The maximum absolute atomic E-state index is 13.1. The number of hydrogen-bond donors (Lipinski definition) is 2. The number of rotatable bonds is 5. The quantitative estimate of drug-likeness (QED) is 0.647. The van der Waals surface area contributed by atoms with E-state index in [0.717, 1.165) is 37.5 Å². The molecule has 0 amide bonds. The minimum Gasteiger partial charge on any atom is -0.357 e. The number of aliphatic imine (C=N–C) groups is 1. The summed E-state index contributed by atoms with van der Waals surface area (Å²) < 4.78 is 13.1. The first-order valence-corrected chi connectivity index (χ1v) is 7.47. The van der Waals surface area contributed by atoms with E-state index in [-0.39, 0.29) is 11.2 Å². The number of guanidine groups is 1. The molecule has 0 radical (unpaired) electrons. The Balaban J connectivity index is 2.13. The Labute approximate surface area is 124 Å². The molecule has 1 aliphatic rings. The van der Waals surface area contributed by atoms with Crippen LogP contribution in [0.5, 0.6) is 0 Å². The molecule has 1 saturated carbocycles. The molecular formula is C15H21ClFN3. The first-order valence-electron chi connectivity index (χ1n) is 7.09. The van der Waals surface area contributed by atoms with Gasteiger partial charge in [0.25, 0.3) is 0 Å². The van der Waals surface area contributed by atoms with Gasteiger partial charge in [0.2, 0.25) is 0 Å². The van der Waals surface area contributed by atoms with Crippen molar-refractivity contribution in [2.75, 3.05) is 19.6 Å². The van der Waals surface area contributed by atoms with Gasteiger partial charge >= 0.3 is 0 Å². The minimum atomic E-state index is -0.293. The molecule has 1 aromatic rings. The van der Waals surface area contributed by atoms with Crippen LogP contribution in [0, 0.1) is 5.82 Å². The van der Waals surface area contributed by atoms with Crippen LogP contribution in [0.3, 0.4) is 0 Å². The van der Waals surface area contributed by atoms with E-state index in [9.17, 15) is 4.39 Å². The van der Waals surface area contributed by atoms with Crippen molar-refractivity contribution in [3.05, 3.63) is 34.6 Å². The Morgan fingerprint density at radius 3 is 2.45 bits per heavy atom. The van der Waals surface area contributed by atoms with Crippen molar-refractivity contribution in [2.24, 2.45) is 4.99 Å². The summed E-state index contributed by atoms with van der Waals surface area (Å²) in [5, 5.41) is 6.92. The maximum Gasteiger partial charge on any atom is 0.191 e. The van der Waals surface area contributed by atoms with Crippen LogP contribution < -0.4 is 10.6 Å². The van der Waals surface area contributed by atoms with Gasteiger partial charge in [-0.05, 0) is 44.4 Å². The van der Waals surface area contributed by atoms with Crippen molar-refractivity contribution in [3.63, 3.8) is 0 Å². The number of halogens is 2. The van der Waals surface area contributed by atoms with E-state index in [1.54, 1.807) is 6.07 Å². The van der Waals surface area contributed by atoms with Crippen LogP contribution in [-0.4, -0.2) is 25.6 Å². The smallest absolute Gasteiger partial charge is 0.191 e. The highest BCUT2D eigenvalue weighted by Gasteiger charge is 2.45. The fourth-order valence-corrected chi connectivity index (χ4v) is 2.69. The van der Waals surface area contributed by atoms with E-state index in [0.29, 0.717) is 11.6 Å². The predicted molar refractivity (Wildman–Crippen MR) is 82.0 cm³/mol. The molecule has 20 heavy (non-hydrogen) atoms. The second kappa shape index (κ2) is 6.44. The van der Waals surface area contributed by atoms with E-state index in [1.165, 1.54) is 12.1 Å². The third-order valence-corrected chi connectivity index (χ3v) is 3.90. The molecule has 0 unspecified atom stereocenters. The molecule has 0 aliphatic heterocycles. The Bertz CT molecular complexity index is 490.